The molecule has 0 atom stereocenters. The van der Waals surface area contributed by atoms with Crippen molar-refractivity contribution in [2.75, 3.05) is 18.7 Å². The number of hydrogen-bond donors (Lipinski definition) is 0. The van der Waals surface area contributed by atoms with E-state index in [9.17, 15) is 17.2 Å². The molecule has 0 amide bonds. The van der Waals surface area contributed by atoms with E-state index in [1.54, 1.807) is 0 Å². The Hall–Kier alpha value is -0.920. The van der Waals surface area contributed by atoms with Crippen molar-refractivity contribution in [3.05, 3.63) is 29.8 Å². The molecule has 0 heterocycles. The molecule has 0 aliphatic rings. The molecule has 0 saturated carbocycles. The fraction of sp³-hybridized carbons (Fsp3) is 0.455. The summed E-state index contributed by atoms with van der Waals surface area (Å²) in [5.74, 6) is -0.0871. The Kier molecular flexibility index (Phi) is 5.96. The van der Waals surface area contributed by atoms with Crippen molar-refractivity contribution in [1.82, 2.24) is 4.31 Å². The molecule has 0 spiro atoms. The minimum absolute atomic E-state index is 0.0217. The van der Waals surface area contributed by atoms with Gasteiger partial charge < -0.3 is 4.74 Å². The molecule has 0 saturated heterocycles. The highest BCUT2D eigenvalue weighted by Crippen LogP contribution is 2.16. The quantitative estimate of drug-likeness (QED) is 0.726. The first-order valence-corrected chi connectivity index (χ1v) is 7.53. The minimum atomic E-state index is -3.39. The fourth-order valence-corrected chi connectivity index (χ4v) is 2.82. The number of benzene rings is 1. The molecule has 8 heteroatoms. The molecular weight excluding hydrogens is 300 g/mol. The second-order valence-electron chi connectivity index (χ2n) is 3.78. The van der Waals surface area contributed by atoms with Crippen LogP contribution in [0.5, 0.6) is 5.75 Å². The van der Waals surface area contributed by atoms with Gasteiger partial charge in [0.2, 0.25) is 10.0 Å². The summed E-state index contributed by atoms with van der Waals surface area (Å²) in [6, 6.07) is 5.79. The molecule has 1 rings (SSSR count). The van der Waals surface area contributed by atoms with Crippen LogP contribution in [0, 0.1) is 0 Å². The van der Waals surface area contributed by atoms with E-state index in [0.717, 1.165) is 0 Å². The van der Waals surface area contributed by atoms with Gasteiger partial charge in [-0.3, -0.25) is 0 Å². The number of alkyl halides is 3. The van der Waals surface area contributed by atoms with Crippen LogP contribution >= 0.6 is 11.6 Å². The average molecular weight is 314 g/mol. The molecule has 0 aliphatic carbocycles. The molecule has 0 N–H and O–H groups in total. The molecule has 108 valence electrons. The Morgan fingerprint density at radius 3 is 2.37 bits per heavy atom. The van der Waals surface area contributed by atoms with Crippen molar-refractivity contribution in [2.24, 2.45) is 0 Å². The Bertz CT molecular complexity index is 493. The molecule has 0 bridgehead atoms. The third kappa shape index (κ3) is 5.30. The van der Waals surface area contributed by atoms with Gasteiger partial charge in [-0.2, -0.15) is 8.78 Å². The zero-order valence-electron chi connectivity index (χ0n) is 10.2. The third-order valence-electron chi connectivity index (χ3n) is 2.36. The van der Waals surface area contributed by atoms with Crippen LogP contribution in [0.4, 0.5) is 8.78 Å². The van der Waals surface area contributed by atoms with Gasteiger partial charge in [0.15, 0.2) is 0 Å². The monoisotopic (exact) mass is 313 g/mol. The summed E-state index contributed by atoms with van der Waals surface area (Å²) in [6.45, 7) is -2.73. The van der Waals surface area contributed by atoms with Crippen molar-refractivity contribution in [3.8, 4) is 5.75 Å². The lowest BCUT2D eigenvalue weighted by Crippen LogP contribution is -2.29. The van der Waals surface area contributed by atoms with Crippen LogP contribution in [0.15, 0.2) is 24.3 Å². The van der Waals surface area contributed by atoms with E-state index in [1.165, 1.54) is 35.6 Å². The molecule has 1 aromatic rings. The van der Waals surface area contributed by atoms with E-state index in [4.69, 9.17) is 11.6 Å². The lowest BCUT2D eigenvalue weighted by Gasteiger charge is -2.16. The number of hydrogen-bond acceptors (Lipinski definition) is 3. The first kappa shape index (κ1) is 16.1. The van der Waals surface area contributed by atoms with E-state index < -0.39 is 16.6 Å². The zero-order chi connectivity index (χ0) is 14.5. The normalized spacial score (nSPS) is 12.1. The Morgan fingerprint density at radius 2 is 1.89 bits per heavy atom. The standard InChI is InChI=1S/C11H14ClF2NO3S/c1-15(19(16,17)7-6-12)8-9-2-4-10(5-3-9)18-11(13)14/h2-5,11H,6-8H2,1H3. The molecule has 4 nitrogen and oxygen atoms in total. The van der Waals surface area contributed by atoms with E-state index >= 15 is 0 Å². The summed E-state index contributed by atoms with van der Waals surface area (Å²) in [5.41, 5.74) is 0.669. The van der Waals surface area contributed by atoms with E-state index in [-0.39, 0.29) is 23.9 Å². The van der Waals surface area contributed by atoms with Gasteiger partial charge in [-0.05, 0) is 17.7 Å². The van der Waals surface area contributed by atoms with Crippen molar-refractivity contribution in [1.29, 1.82) is 0 Å². The van der Waals surface area contributed by atoms with Crippen molar-refractivity contribution >= 4 is 21.6 Å². The van der Waals surface area contributed by atoms with Gasteiger partial charge in [0.05, 0.1) is 5.75 Å². The van der Waals surface area contributed by atoms with Crippen LogP contribution in [-0.4, -0.2) is 38.0 Å². The highest BCUT2D eigenvalue weighted by molar-refractivity contribution is 7.89. The molecule has 0 radical (unpaired) electrons. The lowest BCUT2D eigenvalue weighted by atomic mass is 10.2. The van der Waals surface area contributed by atoms with E-state index in [0.29, 0.717) is 5.56 Å². The van der Waals surface area contributed by atoms with Gasteiger partial charge in [0.25, 0.3) is 0 Å². The summed E-state index contributed by atoms with van der Waals surface area (Å²) in [6.07, 6.45) is 0. The largest absolute Gasteiger partial charge is 0.435 e. The van der Waals surface area contributed by atoms with Gasteiger partial charge in [0, 0.05) is 19.5 Å². The van der Waals surface area contributed by atoms with Crippen LogP contribution in [0.3, 0.4) is 0 Å². The van der Waals surface area contributed by atoms with Crippen LogP contribution in [0.2, 0.25) is 0 Å². The first-order valence-electron chi connectivity index (χ1n) is 5.39. The molecule has 0 aliphatic heterocycles. The highest BCUT2D eigenvalue weighted by Gasteiger charge is 2.17. The summed E-state index contributed by atoms with van der Waals surface area (Å²) >= 11 is 5.41. The summed E-state index contributed by atoms with van der Waals surface area (Å²) < 4.78 is 52.6. The molecule has 0 aromatic heterocycles. The maximum Gasteiger partial charge on any atom is 0.387 e. The predicted octanol–water partition coefficient (Wildman–Crippen LogP) is 2.29. The third-order valence-corrected chi connectivity index (χ3v) is 4.58. The second-order valence-corrected chi connectivity index (χ2v) is 6.36. The van der Waals surface area contributed by atoms with Crippen LogP contribution in [-0.2, 0) is 16.6 Å². The molecular formula is C11H14ClF2NO3S. The first-order chi connectivity index (χ1) is 8.85. The van der Waals surface area contributed by atoms with Crippen molar-refractivity contribution in [3.63, 3.8) is 0 Å². The van der Waals surface area contributed by atoms with Crippen molar-refractivity contribution < 1.29 is 21.9 Å². The fourth-order valence-electron chi connectivity index (χ4n) is 1.39. The van der Waals surface area contributed by atoms with Crippen LogP contribution < -0.4 is 4.74 Å². The molecule has 0 unspecified atom stereocenters. The smallest absolute Gasteiger partial charge is 0.387 e. The average Bonchev–Trinajstić information content (AvgIpc) is 2.30. The number of halogens is 3. The Morgan fingerprint density at radius 1 is 1.32 bits per heavy atom. The molecule has 1 aromatic carbocycles. The maximum atomic E-state index is 11.9. The highest BCUT2D eigenvalue weighted by atomic mass is 35.5. The Balaban J connectivity index is 2.68. The lowest BCUT2D eigenvalue weighted by molar-refractivity contribution is -0.0498. The number of nitrogens with zero attached hydrogens (tertiary/aromatic N) is 1. The zero-order valence-corrected chi connectivity index (χ0v) is 11.8. The molecule has 0 fully saturated rings. The van der Waals surface area contributed by atoms with E-state index in [2.05, 4.69) is 4.74 Å². The van der Waals surface area contributed by atoms with Gasteiger partial charge >= 0.3 is 6.61 Å². The minimum Gasteiger partial charge on any atom is -0.435 e. The van der Waals surface area contributed by atoms with Gasteiger partial charge in [-0.15, -0.1) is 11.6 Å². The Labute approximate surface area is 116 Å². The SMILES string of the molecule is CN(Cc1ccc(OC(F)F)cc1)S(=O)(=O)CCCl. The van der Waals surface area contributed by atoms with Gasteiger partial charge in [-0.25, -0.2) is 12.7 Å². The predicted molar refractivity (Wildman–Crippen MR) is 69.0 cm³/mol. The van der Waals surface area contributed by atoms with Crippen molar-refractivity contribution in [2.45, 2.75) is 13.2 Å². The van der Waals surface area contributed by atoms with Crippen LogP contribution in [0.25, 0.3) is 0 Å². The van der Waals surface area contributed by atoms with E-state index in [1.807, 2.05) is 0 Å². The van der Waals surface area contributed by atoms with Gasteiger partial charge in [0.1, 0.15) is 5.75 Å². The topological polar surface area (TPSA) is 46.6 Å². The number of sulfonamides is 1. The number of ether oxygens (including phenoxy) is 1. The maximum absolute atomic E-state index is 11.9. The molecule has 19 heavy (non-hydrogen) atoms. The van der Waals surface area contributed by atoms with Crippen LogP contribution in [0.1, 0.15) is 5.56 Å². The second kappa shape index (κ2) is 7.02. The summed E-state index contributed by atoms with van der Waals surface area (Å²) in [7, 11) is -1.95. The summed E-state index contributed by atoms with van der Waals surface area (Å²) in [5, 5.41) is 0. The number of rotatable bonds is 7. The van der Waals surface area contributed by atoms with Gasteiger partial charge in [-0.1, -0.05) is 12.1 Å². The summed E-state index contributed by atoms with van der Waals surface area (Å²) in [4.78, 5) is 0.